The molecular weight excluding hydrogens is 340 g/mol. The topological polar surface area (TPSA) is 50.6 Å². The van der Waals surface area contributed by atoms with Crippen LogP contribution in [0.3, 0.4) is 0 Å². The van der Waals surface area contributed by atoms with Gasteiger partial charge in [-0.05, 0) is 38.3 Å². The molecule has 5 rings (SSSR count). The molecule has 0 aliphatic carbocycles. The number of benzene rings is 1. The van der Waals surface area contributed by atoms with Crippen LogP contribution in [0.25, 0.3) is 0 Å². The summed E-state index contributed by atoms with van der Waals surface area (Å²) in [4.78, 5) is 22.8. The lowest BCUT2D eigenvalue weighted by Gasteiger charge is -2.33. The van der Waals surface area contributed by atoms with E-state index < -0.39 is 0 Å². The van der Waals surface area contributed by atoms with Crippen molar-refractivity contribution in [3.05, 3.63) is 42.5 Å². The minimum atomic E-state index is -0.365. The zero-order valence-corrected chi connectivity index (χ0v) is 16.0. The Kier molecular flexibility index (Phi) is 3.79. The Morgan fingerprint density at radius 2 is 2.19 bits per heavy atom. The summed E-state index contributed by atoms with van der Waals surface area (Å²) >= 11 is 0. The molecule has 3 saturated heterocycles. The fourth-order valence-corrected chi connectivity index (χ4v) is 5.68. The van der Waals surface area contributed by atoms with Gasteiger partial charge in [-0.25, -0.2) is 4.98 Å². The number of para-hydroxylation sites is 2. The quantitative estimate of drug-likeness (QED) is 0.835. The summed E-state index contributed by atoms with van der Waals surface area (Å²) in [5.74, 6) is 2.46. The largest absolute Gasteiger partial charge is 0.495 e. The van der Waals surface area contributed by atoms with Crippen LogP contribution in [0.4, 0.5) is 5.69 Å². The van der Waals surface area contributed by atoms with Crippen molar-refractivity contribution in [1.29, 1.82) is 0 Å². The summed E-state index contributed by atoms with van der Waals surface area (Å²) in [6.45, 7) is 4.80. The van der Waals surface area contributed by atoms with E-state index >= 15 is 0 Å². The smallest absolute Gasteiger partial charge is 0.248 e. The molecule has 6 nitrogen and oxygen atoms in total. The number of anilines is 1. The second-order valence-corrected chi connectivity index (χ2v) is 7.83. The van der Waals surface area contributed by atoms with Crippen molar-refractivity contribution in [1.82, 2.24) is 14.5 Å². The lowest BCUT2D eigenvalue weighted by atomic mass is 9.85. The number of imidazole rings is 1. The molecule has 1 aromatic carbocycles. The van der Waals surface area contributed by atoms with Crippen LogP contribution in [0.15, 0.2) is 36.7 Å². The highest BCUT2D eigenvalue weighted by molar-refractivity contribution is 6.04. The van der Waals surface area contributed by atoms with Crippen molar-refractivity contribution in [3.63, 3.8) is 0 Å². The first-order valence-corrected chi connectivity index (χ1v) is 9.93. The Balaban J connectivity index is 1.52. The highest BCUT2D eigenvalue weighted by Crippen LogP contribution is 2.56. The second-order valence-electron chi connectivity index (χ2n) is 7.83. The maximum Gasteiger partial charge on any atom is 0.248 e. The lowest BCUT2D eigenvalue weighted by molar-refractivity contribution is -0.126. The number of rotatable bonds is 4. The van der Waals surface area contributed by atoms with Gasteiger partial charge in [-0.3, -0.25) is 9.69 Å². The van der Waals surface area contributed by atoms with Crippen molar-refractivity contribution in [2.75, 3.05) is 25.1 Å². The standard InChI is InChI=1S/C21H26N4O2/c1-3-23-12-10-22-19(23)17-13-15-14-24(16-7-4-5-8-18(16)27-2)20(26)21(15)9-6-11-25(17)21/h4-5,7-8,10,12,15,17H,3,6,9,11,13-14H2,1-2H3/t15-,17-,21-/m0/s1. The average molecular weight is 366 g/mol. The van der Waals surface area contributed by atoms with Crippen LogP contribution in [0, 0.1) is 5.92 Å². The van der Waals surface area contributed by atoms with E-state index in [0.717, 1.165) is 56.2 Å². The molecule has 1 spiro atoms. The van der Waals surface area contributed by atoms with Gasteiger partial charge in [0.2, 0.25) is 5.91 Å². The number of carbonyl (C=O) groups excluding carboxylic acids is 1. The van der Waals surface area contributed by atoms with E-state index in [9.17, 15) is 4.79 Å². The molecule has 0 N–H and O–H groups in total. The van der Waals surface area contributed by atoms with Gasteiger partial charge in [0.25, 0.3) is 0 Å². The van der Waals surface area contributed by atoms with Crippen LogP contribution in [-0.2, 0) is 11.3 Å². The Morgan fingerprint density at radius 1 is 1.33 bits per heavy atom. The molecule has 1 amide bonds. The van der Waals surface area contributed by atoms with Gasteiger partial charge >= 0.3 is 0 Å². The van der Waals surface area contributed by atoms with Gasteiger partial charge in [-0.1, -0.05) is 12.1 Å². The van der Waals surface area contributed by atoms with Gasteiger partial charge in [-0.2, -0.15) is 0 Å². The molecule has 3 atom stereocenters. The Hall–Kier alpha value is -2.34. The molecule has 3 fully saturated rings. The third-order valence-corrected chi connectivity index (χ3v) is 6.81. The summed E-state index contributed by atoms with van der Waals surface area (Å²) in [5.41, 5.74) is 0.531. The minimum Gasteiger partial charge on any atom is -0.495 e. The predicted molar refractivity (Wildman–Crippen MR) is 103 cm³/mol. The summed E-state index contributed by atoms with van der Waals surface area (Å²) < 4.78 is 7.75. The molecule has 3 aliphatic heterocycles. The van der Waals surface area contributed by atoms with Crippen LogP contribution < -0.4 is 9.64 Å². The molecule has 1 aromatic heterocycles. The third kappa shape index (κ3) is 2.16. The molecule has 0 saturated carbocycles. The lowest BCUT2D eigenvalue weighted by Crippen LogP contribution is -2.50. The van der Waals surface area contributed by atoms with Crippen molar-refractivity contribution in [2.24, 2.45) is 5.92 Å². The number of carbonyl (C=O) groups is 1. The Bertz CT molecular complexity index is 879. The summed E-state index contributed by atoms with van der Waals surface area (Å²) in [6.07, 6.45) is 6.96. The monoisotopic (exact) mass is 366 g/mol. The second kappa shape index (κ2) is 6.09. The molecule has 6 heteroatoms. The van der Waals surface area contributed by atoms with Gasteiger partial charge in [-0.15, -0.1) is 0 Å². The van der Waals surface area contributed by atoms with E-state index in [1.165, 1.54) is 0 Å². The zero-order chi connectivity index (χ0) is 18.6. The molecule has 3 aliphatic rings. The van der Waals surface area contributed by atoms with Gasteiger partial charge in [0, 0.05) is 37.9 Å². The maximum atomic E-state index is 13.7. The average Bonchev–Trinajstić information content (AvgIpc) is 3.44. The first-order valence-electron chi connectivity index (χ1n) is 9.93. The van der Waals surface area contributed by atoms with Gasteiger partial charge in [0.15, 0.2) is 0 Å². The zero-order valence-electron chi connectivity index (χ0n) is 16.0. The van der Waals surface area contributed by atoms with E-state index in [4.69, 9.17) is 4.74 Å². The van der Waals surface area contributed by atoms with E-state index in [-0.39, 0.29) is 17.5 Å². The SMILES string of the molecule is CCn1ccnc1[C@@H]1C[C@H]2CN(c3ccccc3OC)C(=O)[C@]23CCCN13. The number of amides is 1. The van der Waals surface area contributed by atoms with Gasteiger partial charge < -0.3 is 14.2 Å². The van der Waals surface area contributed by atoms with Crippen molar-refractivity contribution >= 4 is 11.6 Å². The number of nitrogens with zero attached hydrogens (tertiary/aromatic N) is 4. The van der Waals surface area contributed by atoms with Crippen LogP contribution in [0.1, 0.15) is 38.1 Å². The molecule has 0 unspecified atom stereocenters. The molecular formula is C21H26N4O2. The molecule has 0 radical (unpaired) electrons. The van der Waals surface area contributed by atoms with Crippen molar-refractivity contribution in [2.45, 2.75) is 44.3 Å². The summed E-state index contributed by atoms with van der Waals surface area (Å²) in [7, 11) is 1.67. The normalized spacial score (nSPS) is 30.0. The third-order valence-electron chi connectivity index (χ3n) is 6.81. The first kappa shape index (κ1) is 16.8. The molecule has 27 heavy (non-hydrogen) atoms. The molecule has 2 aromatic rings. The summed E-state index contributed by atoms with van der Waals surface area (Å²) in [6, 6.07) is 8.10. The predicted octanol–water partition coefficient (Wildman–Crippen LogP) is 2.85. The Labute approximate surface area is 159 Å². The van der Waals surface area contributed by atoms with Gasteiger partial charge in [0.05, 0.1) is 18.8 Å². The summed E-state index contributed by atoms with van der Waals surface area (Å²) in [5, 5.41) is 0. The van der Waals surface area contributed by atoms with E-state index in [0.29, 0.717) is 5.92 Å². The number of aryl methyl sites for hydroxylation is 1. The minimum absolute atomic E-state index is 0.242. The van der Waals surface area contributed by atoms with E-state index in [2.05, 4.69) is 27.6 Å². The van der Waals surface area contributed by atoms with Gasteiger partial charge in [0.1, 0.15) is 17.1 Å². The van der Waals surface area contributed by atoms with Crippen LogP contribution >= 0.6 is 0 Å². The van der Waals surface area contributed by atoms with E-state index in [1.54, 1.807) is 7.11 Å². The number of hydrogen-bond acceptors (Lipinski definition) is 4. The molecule has 4 heterocycles. The highest BCUT2D eigenvalue weighted by atomic mass is 16.5. The van der Waals surface area contributed by atoms with E-state index in [1.807, 2.05) is 35.4 Å². The van der Waals surface area contributed by atoms with Crippen LogP contribution in [0.5, 0.6) is 5.75 Å². The first-order chi connectivity index (χ1) is 13.2. The van der Waals surface area contributed by atoms with Crippen LogP contribution in [0.2, 0.25) is 0 Å². The number of methoxy groups -OCH3 is 1. The molecule has 142 valence electrons. The molecule has 0 bridgehead atoms. The fraction of sp³-hybridized carbons (Fsp3) is 0.524. The maximum absolute atomic E-state index is 13.7. The Morgan fingerprint density at radius 3 is 3.00 bits per heavy atom. The highest BCUT2D eigenvalue weighted by Gasteiger charge is 2.66. The fourth-order valence-electron chi connectivity index (χ4n) is 5.68. The number of hydrogen-bond donors (Lipinski definition) is 0. The number of ether oxygens (including phenoxy) is 1. The van der Waals surface area contributed by atoms with Crippen molar-refractivity contribution < 1.29 is 9.53 Å². The van der Waals surface area contributed by atoms with Crippen LogP contribution in [-0.4, -0.2) is 46.1 Å². The number of aromatic nitrogens is 2. The van der Waals surface area contributed by atoms with Crippen molar-refractivity contribution in [3.8, 4) is 5.75 Å².